The van der Waals surface area contributed by atoms with Gasteiger partial charge in [-0.1, -0.05) is 12.1 Å². The van der Waals surface area contributed by atoms with Gasteiger partial charge in [0.2, 0.25) is 5.79 Å². The minimum absolute atomic E-state index is 0.0187. The molecule has 0 bridgehead atoms. The summed E-state index contributed by atoms with van der Waals surface area (Å²) >= 11 is 0. The smallest absolute Gasteiger partial charge is 0.255 e. The molecule has 4 rings (SSSR count). The Labute approximate surface area is 158 Å². The Balaban J connectivity index is 1.67. The van der Waals surface area contributed by atoms with Gasteiger partial charge in [-0.2, -0.15) is 0 Å². The van der Waals surface area contributed by atoms with Crippen molar-refractivity contribution in [2.45, 2.75) is 39.3 Å². The molecular formula is C21H23NO5. The molecule has 2 aliphatic heterocycles. The third-order valence-corrected chi connectivity index (χ3v) is 4.98. The zero-order valence-electron chi connectivity index (χ0n) is 16.0. The van der Waals surface area contributed by atoms with Crippen molar-refractivity contribution in [2.24, 2.45) is 0 Å². The van der Waals surface area contributed by atoms with Gasteiger partial charge < -0.3 is 23.8 Å². The second-order valence-electron chi connectivity index (χ2n) is 7.21. The average Bonchev–Trinajstić information content (AvgIpc) is 2.97. The summed E-state index contributed by atoms with van der Waals surface area (Å²) in [5, 5.41) is 0. The fraction of sp³-hybridized carbons (Fsp3) is 0.381. The molecule has 0 saturated carbocycles. The monoisotopic (exact) mass is 369 g/mol. The summed E-state index contributed by atoms with van der Waals surface area (Å²) in [5.41, 5.74) is 3.44. The van der Waals surface area contributed by atoms with E-state index in [1.165, 1.54) is 0 Å². The Morgan fingerprint density at radius 2 is 1.85 bits per heavy atom. The average molecular weight is 369 g/mol. The van der Waals surface area contributed by atoms with Crippen LogP contribution in [0.1, 0.15) is 40.9 Å². The number of ether oxygens (including phenoxy) is 4. The van der Waals surface area contributed by atoms with Crippen LogP contribution in [0.25, 0.3) is 0 Å². The van der Waals surface area contributed by atoms with E-state index in [2.05, 4.69) is 0 Å². The van der Waals surface area contributed by atoms with Crippen LogP contribution in [0.15, 0.2) is 30.3 Å². The van der Waals surface area contributed by atoms with Crippen molar-refractivity contribution in [1.29, 1.82) is 0 Å². The van der Waals surface area contributed by atoms with Crippen LogP contribution in [0.3, 0.4) is 0 Å². The van der Waals surface area contributed by atoms with Crippen LogP contribution in [-0.4, -0.2) is 30.8 Å². The first kappa shape index (κ1) is 17.7. The molecule has 0 aromatic heterocycles. The zero-order chi connectivity index (χ0) is 19.2. The normalized spacial score (nSPS) is 17.2. The summed E-state index contributed by atoms with van der Waals surface area (Å²) in [7, 11) is 3.23. The molecule has 0 unspecified atom stereocenters. The lowest BCUT2D eigenvalue weighted by atomic mass is 10.0. The van der Waals surface area contributed by atoms with Gasteiger partial charge in [0, 0.05) is 26.0 Å². The molecule has 0 saturated heterocycles. The first-order chi connectivity index (χ1) is 12.9. The van der Waals surface area contributed by atoms with Crippen LogP contribution < -0.4 is 14.2 Å². The number of hydrogen-bond donors (Lipinski definition) is 0. The highest BCUT2D eigenvalue weighted by atomic mass is 16.7. The van der Waals surface area contributed by atoms with E-state index >= 15 is 0 Å². The molecule has 0 atom stereocenters. The van der Waals surface area contributed by atoms with E-state index < -0.39 is 5.79 Å². The highest BCUT2D eigenvalue weighted by Gasteiger charge is 2.38. The van der Waals surface area contributed by atoms with Gasteiger partial charge >= 0.3 is 0 Å². The van der Waals surface area contributed by atoms with Crippen molar-refractivity contribution < 1.29 is 23.7 Å². The van der Waals surface area contributed by atoms with Gasteiger partial charge in [0.05, 0.1) is 38.5 Å². The van der Waals surface area contributed by atoms with Crippen molar-refractivity contribution in [3.8, 4) is 17.2 Å². The van der Waals surface area contributed by atoms with Crippen LogP contribution in [0.4, 0.5) is 0 Å². The number of amides is 1. The van der Waals surface area contributed by atoms with Gasteiger partial charge in [-0.3, -0.25) is 4.79 Å². The predicted octanol–water partition coefficient (Wildman–Crippen LogP) is 3.50. The van der Waals surface area contributed by atoms with Crippen LogP contribution in [-0.2, 0) is 24.4 Å². The second-order valence-corrected chi connectivity index (χ2v) is 7.21. The van der Waals surface area contributed by atoms with Crippen molar-refractivity contribution in [3.05, 3.63) is 52.6 Å². The molecule has 6 nitrogen and oxygen atoms in total. The maximum atomic E-state index is 13.0. The maximum Gasteiger partial charge on any atom is 0.255 e. The molecule has 0 fully saturated rings. The van der Waals surface area contributed by atoms with Gasteiger partial charge in [0.1, 0.15) is 17.2 Å². The van der Waals surface area contributed by atoms with Crippen LogP contribution >= 0.6 is 0 Å². The lowest BCUT2D eigenvalue weighted by molar-refractivity contribution is -0.180. The SMILES string of the molecule is COc1ccc(CN2Cc3c(cc(OC)c4c3OC(C)(C)OC4)C2=O)cc1. The van der Waals surface area contributed by atoms with Gasteiger partial charge in [-0.05, 0) is 23.8 Å². The number of nitrogens with zero attached hydrogens (tertiary/aromatic N) is 1. The lowest BCUT2D eigenvalue weighted by Crippen LogP contribution is -2.36. The number of benzene rings is 2. The highest BCUT2D eigenvalue weighted by Crippen LogP contribution is 2.44. The van der Waals surface area contributed by atoms with E-state index in [1.54, 1.807) is 20.3 Å². The maximum absolute atomic E-state index is 13.0. The van der Waals surface area contributed by atoms with E-state index in [0.717, 1.165) is 22.4 Å². The molecule has 0 aliphatic carbocycles. The quantitative estimate of drug-likeness (QED) is 0.826. The Morgan fingerprint density at radius 3 is 2.52 bits per heavy atom. The van der Waals surface area contributed by atoms with E-state index in [4.69, 9.17) is 18.9 Å². The topological polar surface area (TPSA) is 57.2 Å². The number of fused-ring (bicyclic) bond motifs is 3. The summed E-state index contributed by atoms with van der Waals surface area (Å²) in [6, 6.07) is 9.54. The summed E-state index contributed by atoms with van der Waals surface area (Å²) < 4.78 is 22.5. The fourth-order valence-electron chi connectivity index (χ4n) is 3.54. The summed E-state index contributed by atoms with van der Waals surface area (Å²) in [6.45, 7) is 5.16. The molecular weight excluding hydrogens is 346 g/mol. The zero-order valence-corrected chi connectivity index (χ0v) is 16.0. The molecule has 6 heteroatoms. The molecule has 2 heterocycles. The van der Waals surface area contributed by atoms with Crippen LogP contribution in [0, 0.1) is 0 Å². The molecule has 2 aliphatic rings. The standard InChI is InChI=1S/C21H23NO5/c1-21(2)26-12-17-18(25-4)9-15-16(19(17)27-21)11-22(20(15)23)10-13-5-7-14(24-3)8-6-13/h5-9H,10-12H2,1-4H3. The predicted molar refractivity (Wildman–Crippen MR) is 99.1 cm³/mol. The van der Waals surface area contributed by atoms with Crippen molar-refractivity contribution >= 4 is 5.91 Å². The second kappa shape index (κ2) is 6.46. The molecule has 2 aromatic carbocycles. The first-order valence-corrected chi connectivity index (χ1v) is 8.90. The minimum atomic E-state index is -0.737. The number of methoxy groups -OCH3 is 2. The van der Waals surface area contributed by atoms with Gasteiger partial charge in [0.25, 0.3) is 5.91 Å². The molecule has 0 spiro atoms. The lowest BCUT2D eigenvalue weighted by Gasteiger charge is -2.34. The minimum Gasteiger partial charge on any atom is -0.497 e. The Bertz CT molecular complexity index is 888. The van der Waals surface area contributed by atoms with Crippen LogP contribution in [0.2, 0.25) is 0 Å². The number of carbonyl (C=O) groups excluding carboxylic acids is 1. The third kappa shape index (κ3) is 3.10. The van der Waals surface area contributed by atoms with Gasteiger partial charge in [-0.25, -0.2) is 0 Å². The number of carbonyl (C=O) groups is 1. The summed E-state index contributed by atoms with van der Waals surface area (Å²) in [4.78, 5) is 14.8. The van der Waals surface area contributed by atoms with Gasteiger partial charge in [0.15, 0.2) is 0 Å². The van der Waals surface area contributed by atoms with E-state index in [-0.39, 0.29) is 5.91 Å². The molecule has 0 N–H and O–H groups in total. The van der Waals surface area contributed by atoms with Crippen molar-refractivity contribution in [3.63, 3.8) is 0 Å². The molecule has 27 heavy (non-hydrogen) atoms. The summed E-state index contributed by atoms with van der Waals surface area (Å²) in [5.74, 6) is 1.38. The Kier molecular flexibility index (Phi) is 4.23. The van der Waals surface area contributed by atoms with E-state index in [0.29, 0.717) is 36.8 Å². The Morgan fingerprint density at radius 1 is 1.11 bits per heavy atom. The molecule has 142 valence electrons. The first-order valence-electron chi connectivity index (χ1n) is 8.90. The summed E-state index contributed by atoms with van der Waals surface area (Å²) in [6.07, 6.45) is 0. The van der Waals surface area contributed by atoms with Gasteiger partial charge in [-0.15, -0.1) is 0 Å². The van der Waals surface area contributed by atoms with E-state index in [1.807, 2.05) is 43.0 Å². The van der Waals surface area contributed by atoms with Crippen LogP contribution in [0.5, 0.6) is 17.2 Å². The molecule has 2 aromatic rings. The largest absolute Gasteiger partial charge is 0.497 e. The molecule has 1 amide bonds. The van der Waals surface area contributed by atoms with Crippen molar-refractivity contribution in [2.75, 3.05) is 14.2 Å². The number of rotatable bonds is 4. The van der Waals surface area contributed by atoms with E-state index in [9.17, 15) is 4.79 Å². The number of hydrogen-bond acceptors (Lipinski definition) is 5. The van der Waals surface area contributed by atoms with Crippen molar-refractivity contribution in [1.82, 2.24) is 4.90 Å². The molecule has 0 radical (unpaired) electrons. The third-order valence-electron chi connectivity index (χ3n) is 4.98. The highest BCUT2D eigenvalue weighted by molar-refractivity contribution is 6.00. The Hall–Kier alpha value is -2.73. The fourth-order valence-corrected chi connectivity index (χ4v) is 3.54.